The van der Waals surface area contributed by atoms with Gasteiger partial charge in [-0.15, -0.1) is 0 Å². The molecule has 3 heterocycles. The maximum atomic E-state index is 11.5. The van der Waals surface area contributed by atoms with Crippen LogP contribution in [0.4, 0.5) is 0 Å². The molecule has 1 aliphatic rings. The summed E-state index contributed by atoms with van der Waals surface area (Å²) in [4.78, 5) is 22.5. The van der Waals surface area contributed by atoms with Gasteiger partial charge in [0.2, 0.25) is 5.91 Å². The predicted molar refractivity (Wildman–Crippen MR) is 83.3 cm³/mol. The third kappa shape index (κ3) is 2.73. The zero-order chi connectivity index (χ0) is 15.7. The van der Waals surface area contributed by atoms with Crippen LogP contribution < -0.4 is 0 Å². The van der Waals surface area contributed by atoms with E-state index < -0.39 is 0 Å². The lowest BCUT2D eigenvalue weighted by atomic mass is 10.0. The summed E-state index contributed by atoms with van der Waals surface area (Å²) in [6.07, 6.45) is 2.76. The van der Waals surface area contributed by atoms with Crippen molar-refractivity contribution in [3.05, 3.63) is 29.8 Å². The third-order valence-corrected chi connectivity index (χ3v) is 4.19. The molecular formula is C16H21N5O. The van der Waals surface area contributed by atoms with Gasteiger partial charge in [-0.3, -0.25) is 9.48 Å². The highest BCUT2D eigenvalue weighted by Gasteiger charge is 2.27. The summed E-state index contributed by atoms with van der Waals surface area (Å²) in [6, 6.07) is 4.02. The maximum Gasteiger partial charge on any atom is 0.219 e. The van der Waals surface area contributed by atoms with Crippen molar-refractivity contribution in [2.45, 2.75) is 39.7 Å². The van der Waals surface area contributed by atoms with Gasteiger partial charge >= 0.3 is 0 Å². The fourth-order valence-electron chi connectivity index (χ4n) is 3.02. The molecule has 2 aromatic heterocycles. The van der Waals surface area contributed by atoms with Gasteiger partial charge < -0.3 is 4.90 Å². The minimum atomic E-state index is 0.137. The van der Waals surface area contributed by atoms with E-state index in [0.29, 0.717) is 5.92 Å². The van der Waals surface area contributed by atoms with E-state index in [9.17, 15) is 4.79 Å². The summed E-state index contributed by atoms with van der Waals surface area (Å²) >= 11 is 0. The van der Waals surface area contributed by atoms with Gasteiger partial charge in [-0.25, -0.2) is 9.97 Å². The first-order valence-electron chi connectivity index (χ1n) is 7.71. The molecule has 1 saturated heterocycles. The summed E-state index contributed by atoms with van der Waals surface area (Å²) in [6.45, 7) is 7.97. The van der Waals surface area contributed by atoms with Crippen molar-refractivity contribution in [2.75, 3.05) is 13.1 Å². The minimum absolute atomic E-state index is 0.137. The number of aryl methyl sites for hydroxylation is 2. The molecule has 0 unspecified atom stereocenters. The second-order valence-corrected chi connectivity index (χ2v) is 5.71. The molecule has 3 rings (SSSR count). The average molecular weight is 299 g/mol. The molecule has 0 spiro atoms. The second-order valence-electron chi connectivity index (χ2n) is 5.71. The molecule has 1 fully saturated rings. The number of nitrogens with zero attached hydrogens (tertiary/aromatic N) is 5. The second kappa shape index (κ2) is 5.87. The van der Waals surface area contributed by atoms with Gasteiger partial charge in [0.1, 0.15) is 5.82 Å². The standard InChI is InChI=1S/C16H21N5O/c1-4-21-16(5-7-17-21)15-9-14(18-11(2)19-15)13-6-8-20(10-13)12(3)22/h5,7,9,13H,4,6,8,10H2,1-3H3/t13-/m0/s1. The lowest BCUT2D eigenvalue weighted by Gasteiger charge is -2.14. The summed E-state index contributed by atoms with van der Waals surface area (Å²) in [5.41, 5.74) is 2.94. The van der Waals surface area contributed by atoms with E-state index in [1.165, 1.54) is 0 Å². The number of likely N-dealkylation sites (tertiary alicyclic amines) is 1. The Labute approximate surface area is 130 Å². The highest BCUT2D eigenvalue weighted by molar-refractivity contribution is 5.73. The van der Waals surface area contributed by atoms with Crippen LogP contribution in [0.25, 0.3) is 11.4 Å². The Morgan fingerprint density at radius 2 is 2.23 bits per heavy atom. The van der Waals surface area contributed by atoms with Crippen molar-refractivity contribution in [2.24, 2.45) is 0 Å². The molecular weight excluding hydrogens is 278 g/mol. The Bertz CT molecular complexity index is 694. The third-order valence-electron chi connectivity index (χ3n) is 4.19. The Balaban J connectivity index is 1.93. The first-order valence-corrected chi connectivity index (χ1v) is 7.71. The summed E-state index contributed by atoms with van der Waals surface area (Å²) < 4.78 is 1.93. The van der Waals surface area contributed by atoms with Crippen LogP contribution in [0.1, 0.15) is 37.7 Å². The van der Waals surface area contributed by atoms with Gasteiger partial charge in [0.15, 0.2) is 0 Å². The van der Waals surface area contributed by atoms with E-state index in [4.69, 9.17) is 0 Å². The van der Waals surface area contributed by atoms with Crippen LogP contribution >= 0.6 is 0 Å². The number of hydrogen-bond donors (Lipinski definition) is 0. The molecule has 1 atom stereocenters. The Morgan fingerprint density at radius 3 is 2.91 bits per heavy atom. The normalized spacial score (nSPS) is 18.0. The fraction of sp³-hybridized carbons (Fsp3) is 0.500. The van der Waals surface area contributed by atoms with Gasteiger partial charge in [0, 0.05) is 44.4 Å². The molecule has 0 N–H and O–H groups in total. The lowest BCUT2D eigenvalue weighted by molar-refractivity contribution is -0.127. The molecule has 2 aromatic rings. The van der Waals surface area contributed by atoms with Crippen LogP contribution in [0.15, 0.2) is 18.3 Å². The topological polar surface area (TPSA) is 63.9 Å². The number of amides is 1. The molecule has 22 heavy (non-hydrogen) atoms. The SMILES string of the molecule is CCn1nccc1-c1cc([C@H]2CCN(C(C)=O)C2)nc(C)n1. The Morgan fingerprint density at radius 1 is 1.41 bits per heavy atom. The van der Waals surface area contributed by atoms with Gasteiger partial charge in [-0.2, -0.15) is 5.10 Å². The highest BCUT2D eigenvalue weighted by atomic mass is 16.2. The summed E-state index contributed by atoms with van der Waals surface area (Å²) in [5.74, 6) is 1.19. The van der Waals surface area contributed by atoms with Gasteiger partial charge in [0.25, 0.3) is 0 Å². The van der Waals surface area contributed by atoms with Gasteiger partial charge in [-0.1, -0.05) is 0 Å². The van der Waals surface area contributed by atoms with Gasteiger partial charge in [-0.05, 0) is 32.4 Å². The van der Waals surface area contributed by atoms with Crippen molar-refractivity contribution in [1.29, 1.82) is 0 Å². The first-order chi connectivity index (χ1) is 10.6. The molecule has 6 heteroatoms. The largest absolute Gasteiger partial charge is 0.342 e. The van der Waals surface area contributed by atoms with Crippen LogP contribution in [0.2, 0.25) is 0 Å². The zero-order valence-corrected chi connectivity index (χ0v) is 13.3. The predicted octanol–water partition coefficient (Wildman–Crippen LogP) is 2.00. The van der Waals surface area contributed by atoms with Crippen LogP contribution in [0.5, 0.6) is 0 Å². The molecule has 116 valence electrons. The number of carbonyl (C=O) groups excluding carboxylic acids is 1. The van der Waals surface area contributed by atoms with Crippen molar-refractivity contribution >= 4 is 5.91 Å². The van der Waals surface area contributed by atoms with E-state index >= 15 is 0 Å². The van der Waals surface area contributed by atoms with Crippen LogP contribution in [-0.2, 0) is 11.3 Å². The van der Waals surface area contributed by atoms with Crippen LogP contribution in [0, 0.1) is 6.92 Å². The first kappa shape index (κ1) is 14.7. The molecule has 0 radical (unpaired) electrons. The molecule has 0 bridgehead atoms. The minimum Gasteiger partial charge on any atom is -0.342 e. The molecule has 1 aliphatic heterocycles. The average Bonchev–Trinajstić information content (AvgIpc) is 3.15. The van der Waals surface area contributed by atoms with Crippen molar-refractivity contribution < 1.29 is 4.79 Å². The summed E-state index contributed by atoms with van der Waals surface area (Å²) in [7, 11) is 0. The maximum absolute atomic E-state index is 11.5. The van der Waals surface area contributed by atoms with Gasteiger partial charge in [0.05, 0.1) is 11.4 Å². The van der Waals surface area contributed by atoms with E-state index in [1.54, 1.807) is 13.1 Å². The Kier molecular flexibility index (Phi) is 3.92. The molecule has 6 nitrogen and oxygen atoms in total. The molecule has 1 amide bonds. The summed E-state index contributed by atoms with van der Waals surface area (Å²) in [5, 5.41) is 4.31. The Hall–Kier alpha value is -2.24. The zero-order valence-electron chi connectivity index (χ0n) is 13.3. The lowest BCUT2D eigenvalue weighted by Crippen LogP contribution is -2.25. The van der Waals surface area contributed by atoms with E-state index in [-0.39, 0.29) is 5.91 Å². The number of rotatable bonds is 3. The molecule has 0 aromatic carbocycles. The van der Waals surface area contributed by atoms with E-state index in [2.05, 4.69) is 22.0 Å². The quantitative estimate of drug-likeness (QED) is 0.869. The number of hydrogen-bond acceptors (Lipinski definition) is 4. The number of aromatic nitrogens is 4. The van der Waals surface area contributed by atoms with E-state index in [0.717, 1.165) is 49.0 Å². The molecule has 0 aliphatic carbocycles. The highest BCUT2D eigenvalue weighted by Crippen LogP contribution is 2.28. The monoisotopic (exact) mass is 299 g/mol. The van der Waals surface area contributed by atoms with Crippen molar-refractivity contribution in [3.8, 4) is 11.4 Å². The fourth-order valence-corrected chi connectivity index (χ4v) is 3.02. The smallest absolute Gasteiger partial charge is 0.219 e. The van der Waals surface area contributed by atoms with Crippen LogP contribution in [-0.4, -0.2) is 43.6 Å². The van der Waals surface area contributed by atoms with Crippen LogP contribution in [0.3, 0.4) is 0 Å². The van der Waals surface area contributed by atoms with Crippen molar-refractivity contribution in [3.63, 3.8) is 0 Å². The van der Waals surface area contributed by atoms with Crippen molar-refractivity contribution in [1.82, 2.24) is 24.6 Å². The number of carbonyl (C=O) groups is 1. The van der Waals surface area contributed by atoms with E-state index in [1.807, 2.05) is 28.6 Å². The molecule has 0 saturated carbocycles.